The number of hydrogen-bond acceptors (Lipinski definition) is 2. The maximum atomic E-state index is 5.24. The van der Waals surface area contributed by atoms with Crippen LogP contribution in [0.4, 0.5) is 0 Å². The summed E-state index contributed by atoms with van der Waals surface area (Å²) in [5.74, 6) is 0. The van der Waals surface area contributed by atoms with Gasteiger partial charge in [0.05, 0.1) is 6.61 Å². The third-order valence-electron chi connectivity index (χ3n) is 3.04. The van der Waals surface area contributed by atoms with E-state index in [0.717, 1.165) is 12.6 Å². The zero-order valence-corrected chi connectivity index (χ0v) is 8.76. The van der Waals surface area contributed by atoms with Gasteiger partial charge in [0, 0.05) is 25.1 Å². The minimum atomic E-state index is 0.385. The SMILES string of the molecule is COCC1(C)CCC(C)N(C)C1. The molecule has 2 atom stereocenters. The predicted molar refractivity (Wildman–Crippen MR) is 51.3 cm³/mol. The predicted octanol–water partition coefficient (Wildman–Crippen LogP) is 1.75. The number of nitrogens with zero attached hydrogens (tertiary/aromatic N) is 1. The summed E-state index contributed by atoms with van der Waals surface area (Å²) in [6.45, 7) is 6.68. The fourth-order valence-corrected chi connectivity index (χ4v) is 2.08. The molecule has 0 N–H and O–H groups in total. The lowest BCUT2D eigenvalue weighted by atomic mass is 9.80. The molecule has 0 bridgehead atoms. The summed E-state index contributed by atoms with van der Waals surface area (Å²) in [5.41, 5.74) is 0.385. The molecule has 2 unspecified atom stereocenters. The molecular weight excluding hydrogens is 150 g/mol. The van der Waals surface area contributed by atoms with Crippen molar-refractivity contribution in [3.05, 3.63) is 0 Å². The minimum absolute atomic E-state index is 0.385. The maximum absolute atomic E-state index is 5.24. The fourth-order valence-electron chi connectivity index (χ4n) is 2.08. The third kappa shape index (κ3) is 2.20. The molecule has 0 spiro atoms. The van der Waals surface area contributed by atoms with Crippen LogP contribution in [0.3, 0.4) is 0 Å². The van der Waals surface area contributed by atoms with Crippen LogP contribution in [0.15, 0.2) is 0 Å². The van der Waals surface area contributed by atoms with E-state index in [9.17, 15) is 0 Å². The highest BCUT2D eigenvalue weighted by Gasteiger charge is 2.32. The lowest BCUT2D eigenvalue weighted by Crippen LogP contribution is -2.46. The number of piperidine rings is 1. The van der Waals surface area contributed by atoms with Crippen LogP contribution in [0.1, 0.15) is 26.7 Å². The molecule has 1 aliphatic rings. The Morgan fingerprint density at radius 2 is 2.25 bits per heavy atom. The molecule has 2 heteroatoms. The van der Waals surface area contributed by atoms with Gasteiger partial charge in [0.15, 0.2) is 0 Å². The Hall–Kier alpha value is -0.0800. The summed E-state index contributed by atoms with van der Waals surface area (Å²) in [6.07, 6.45) is 2.60. The maximum Gasteiger partial charge on any atom is 0.0528 e. The Morgan fingerprint density at radius 3 is 2.75 bits per heavy atom. The molecule has 1 aliphatic heterocycles. The number of likely N-dealkylation sites (tertiary alicyclic amines) is 1. The van der Waals surface area contributed by atoms with E-state index in [1.165, 1.54) is 19.4 Å². The summed E-state index contributed by atoms with van der Waals surface area (Å²) in [7, 11) is 4.00. The second-order valence-electron chi connectivity index (χ2n) is 4.55. The topological polar surface area (TPSA) is 12.5 Å². The lowest BCUT2D eigenvalue weighted by molar-refractivity contribution is 0.0142. The van der Waals surface area contributed by atoms with E-state index in [1.54, 1.807) is 7.11 Å². The molecule has 0 aromatic rings. The standard InChI is InChI=1S/C10H21NO/c1-9-5-6-10(2,8-12-4)7-11(9)3/h9H,5-8H2,1-4H3. The molecule has 0 amide bonds. The van der Waals surface area contributed by atoms with E-state index in [1.807, 2.05) is 0 Å². The zero-order chi connectivity index (χ0) is 9.19. The van der Waals surface area contributed by atoms with Gasteiger partial charge >= 0.3 is 0 Å². The summed E-state index contributed by atoms with van der Waals surface area (Å²) < 4.78 is 5.24. The summed E-state index contributed by atoms with van der Waals surface area (Å²) >= 11 is 0. The van der Waals surface area contributed by atoms with E-state index in [0.29, 0.717) is 5.41 Å². The van der Waals surface area contributed by atoms with Crippen molar-refractivity contribution in [2.45, 2.75) is 32.7 Å². The normalized spacial score (nSPS) is 38.5. The largest absolute Gasteiger partial charge is 0.384 e. The first-order chi connectivity index (χ1) is 5.57. The molecule has 0 saturated carbocycles. The van der Waals surface area contributed by atoms with Crippen molar-refractivity contribution in [3.63, 3.8) is 0 Å². The van der Waals surface area contributed by atoms with Crippen molar-refractivity contribution < 1.29 is 4.74 Å². The van der Waals surface area contributed by atoms with E-state index in [-0.39, 0.29) is 0 Å². The number of ether oxygens (including phenoxy) is 1. The van der Waals surface area contributed by atoms with Gasteiger partial charge in [0.1, 0.15) is 0 Å². The summed E-state index contributed by atoms with van der Waals surface area (Å²) in [6, 6.07) is 0.745. The van der Waals surface area contributed by atoms with Gasteiger partial charge in [-0.3, -0.25) is 0 Å². The molecule has 72 valence electrons. The summed E-state index contributed by atoms with van der Waals surface area (Å²) in [5, 5.41) is 0. The first-order valence-corrected chi connectivity index (χ1v) is 4.76. The van der Waals surface area contributed by atoms with Crippen molar-refractivity contribution in [2.75, 3.05) is 27.3 Å². The molecule has 12 heavy (non-hydrogen) atoms. The molecule has 0 aromatic heterocycles. The van der Waals surface area contributed by atoms with Crippen molar-refractivity contribution in [1.82, 2.24) is 4.90 Å². The van der Waals surface area contributed by atoms with Gasteiger partial charge in [-0.2, -0.15) is 0 Å². The van der Waals surface area contributed by atoms with Crippen molar-refractivity contribution in [3.8, 4) is 0 Å². The first-order valence-electron chi connectivity index (χ1n) is 4.76. The van der Waals surface area contributed by atoms with Gasteiger partial charge in [-0.1, -0.05) is 6.92 Å². The first kappa shape index (κ1) is 10.0. The Balaban J connectivity index is 2.48. The quantitative estimate of drug-likeness (QED) is 0.627. The van der Waals surface area contributed by atoms with E-state index >= 15 is 0 Å². The molecule has 1 saturated heterocycles. The fraction of sp³-hybridized carbons (Fsp3) is 1.00. The number of hydrogen-bond donors (Lipinski definition) is 0. The zero-order valence-electron chi connectivity index (χ0n) is 8.76. The second-order valence-corrected chi connectivity index (χ2v) is 4.55. The van der Waals surface area contributed by atoms with Crippen LogP contribution >= 0.6 is 0 Å². The molecule has 0 radical (unpaired) electrons. The van der Waals surface area contributed by atoms with Crippen LogP contribution in [0.2, 0.25) is 0 Å². The van der Waals surface area contributed by atoms with Gasteiger partial charge in [-0.15, -0.1) is 0 Å². The number of methoxy groups -OCH3 is 1. The Labute approximate surface area is 75.9 Å². The third-order valence-corrected chi connectivity index (χ3v) is 3.04. The average Bonchev–Trinajstić information content (AvgIpc) is 1.98. The van der Waals surface area contributed by atoms with Crippen molar-refractivity contribution in [1.29, 1.82) is 0 Å². The van der Waals surface area contributed by atoms with Crippen LogP contribution in [0, 0.1) is 5.41 Å². The van der Waals surface area contributed by atoms with E-state index in [2.05, 4.69) is 25.8 Å². The Bertz CT molecular complexity index is 149. The molecule has 0 aliphatic carbocycles. The van der Waals surface area contributed by atoms with E-state index in [4.69, 9.17) is 4.74 Å². The van der Waals surface area contributed by atoms with E-state index < -0.39 is 0 Å². The lowest BCUT2D eigenvalue weighted by Gasteiger charge is -2.42. The molecule has 1 fully saturated rings. The second kappa shape index (κ2) is 3.75. The van der Waals surface area contributed by atoms with Crippen LogP contribution < -0.4 is 0 Å². The van der Waals surface area contributed by atoms with Gasteiger partial charge in [-0.25, -0.2) is 0 Å². The van der Waals surface area contributed by atoms with Crippen LogP contribution in [-0.2, 0) is 4.74 Å². The van der Waals surface area contributed by atoms with Gasteiger partial charge in [-0.05, 0) is 26.8 Å². The minimum Gasteiger partial charge on any atom is -0.384 e. The van der Waals surface area contributed by atoms with Gasteiger partial charge in [0.2, 0.25) is 0 Å². The molecular formula is C10H21NO. The number of rotatable bonds is 2. The van der Waals surface area contributed by atoms with Crippen LogP contribution in [0.5, 0.6) is 0 Å². The summed E-state index contributed by atoms with van der Waals surface area (Å²) in [4.78, 5) is 2.43. The van der Waals surface area contributed by atoms with Crippen LogP contribution in [0.25, 0.3) is 0 Å². The van der Waals surface area contributed by atoms with Crippen molar-refractivity contribution in [2.24, 2.45) is 5.41 Å². The molecule has 1 heterocycles. The highest BCUT2D eigenvalue weighted by atomic mass is 16.5. The van der Waals surface area contributed by atoms with Gasteiger partial charge < -0.3 is 9.64 Å². The van der Waals surface area contributed by atoms with Gasteiger partial charge in [0.25, 0.3) is 0 Å². The molecule has 0 aromatic carbocycles. The Morgan fingerprint density at radius 1 is 1.58 bits per heavy atom. The molecule has 2 nitrogen and oxygen atoms in total. The smallest absolute Gasteiger partial charge is 0.0528 e. The van der Waals surface area contributed by atoms with Crippen molar-refractivity contribution >= 4 is 0 Å². The highest BCUT2D eigenvalue weighted by Crippen LogP contribution is 2.31. The highest BCUT2D eigenvalue weighted by molar-refractivity contribution is 4.85. The van der Waals surface area contributed by atoms with Crippen LogP contribution in [-0.4, -0.2) is 38.3 Å². The molecule has 1 rings (SSSR count). The average molecular weight is 171 g/mol. The monoisotopic (exact) mass is 171 g/mol. The Kier molecular flexibility index (Phi) is 3.13.